The van der Waals surface area contributed by atoms with E-state index in [-0.39, 0.29) is 13.2 Å². The lowest BCUT2D eigenvalue weighted by molar-refractivity contribution is -0.145. The van der Waals surface area contributed by atoms with Gasteiger partial charge in [0.2, 0.25) is 0 Å². The summed E-state index contributed by atoms with van der Waals surface area (Å²) in [6, 6.07) is 16.3. The number of carbonyl (C=O) groups excluding carboxylic acids is 1. The average Bonchev–Trinajstić information content (AvgIpc) is 2.98. The molecule has 2 unspecified atom stereocenters. The quantitative estimate of drug-likeness (QED) is 0.848. The number of rotatable bonds is 5. The van der Waals surface area contributed by atoms with Crippen LogP contribution in [-0.4, -0.2) is 52.0 Å². The van der Waals surface area contributed by atoms with Crippen molar-refractivity contribution in [2.75, 3.05) is 6.54 Å². The topological polar surface area (TPSA) is 96.3 Å². The number of carbonyl (C=O) groups is 2. The molecule has 2 N–H and O–H groups in total. The van der Waals surface area contributed by atoms with E-state index in [0.29, 0.717) is 5.75 Å². The van der Waals surface area contributed by atoms with E-state index in [0.717, 1.165) is 10.5 Å². The van der Waals surface area contributed by atoms with Crippen molar-refractivity contribution < 1.29 is 29.3 Å². The number of para-hydroxylation sites is 1. The number of aliphatic hydroxyl groups excluding tert-OH is 1. The molecule has 1 amide bonds. The van der Waals surface area contributed by atoms with Gasteiger partial charge in [-0.2, -0.15) is 0 Å². The Bertz CT molecular complexity index is 751. The highest BCUT2D eigenvalue weighted by atomic mass is 16.6. The minimum absolute atomic E-state index is 0.0167. The molecule has 1 aliphatic heterocycles. The zero-order valence-electron chi connectivity index (χ0n) is 13.9. The summed E-state index contributed by atoms with van der Waals surface area (Å²) in [5, 5.41) is 19.7. The third kappa shape index (κ3) is 3.94. The van der Waals surface area contributed by atoms with Gasteiger partial charge in [0.1, 0.15) is 24.6 Å². The van der Waals surface area contributed by atoms with Gasteiger partial charge in [-0.15, -0.1) is 0 Å². The fourth-order valence-electron chi connectivity index (χ4n) is 2.85. The van der Waals surface area contributed by atoms with E-state index in [2.05, 4.69) is 0 Å². The molecule has 2 aromatic carbocycles. The van der Waals surface area contributed by atoms with Crippen molar-refractivity contribution >= 4 is 12.1 Å². The summed E-state index contributed by atoms with van der Waals surface area (Å²) in [5.74, 6) is -0.825. The first-order valence-corrected chi connectivity index (χ1v) is 8.16. The van der Waals surface area contributed by atoms with Crippen molar-refractivity contribution in [1.29, 1.82) is 0 Å². The average molecular weight is 357 g/mol. The summed E-state index contributed by atoms with van der Waals surface area (Å²) in [6.45, 7) is -0.0660. The van der Waals surface area contributed by atoms with Gasteiger partial charge >= 0.3 is 12.1 Å². The normalized spacial score (nSPS) is 22.0. The molecule has 136 valence electrons. The molecule has 2 aromatic rings. The van der Waals surface area contributed by atoms with Crippen LogP contribution in [0, 0.1) is 0 Å². The Morgan fingerprint density at radius 2 is 1.65 bits per heavy atom. The number of nitrogens with zero attached hydrogens (tertiary/aromatic N) is 1. The Balaban J connectivity index is 1.68. The van der Waals surface area contributed by atoms with E-state index < -0.39 is 30.3 Å². The number of amides is 1. The van der Waals surface area contributed by atoms with Crippen LogP contribution in [0.2, 0.25) is 0 Å². The van der Waals surface area contributed by atoms with Gasteiger partial charge in [0, 0.05) is 0 Å². The molecule has 7 nitrogen and oxygen atoms in total. The second kappa shape index (κ2) is 7.88. The van der Waals surface area contributed by atoms with E-state index >= 15 is 0 Å². The summed E-state index contributed by atoms with van der Waals surface area (Å²) in [4.78, 5) is 24.9. The van der Waals surface area contributed by atoms with E-state index in [9.17, 15) is 19.8 Å². The Labute approximate surface area is 150 Å². The molecule has 0 saturated carbocycles. The van der Waals surface area contributed by atoms with Crippen molar-refractivity contribution in [3.63, 3.8) is 0 Å². The fraction of sp³-hybridized carbons (Fsp3) is 0.263. The Kier molecular flexibility index (Phi) is 5.38. The Morgan fingerprint density at radius 1 is 1.04 bits per heavy atom. The van der Waals surface area contributed by atoms with Crippen molar-refractivity contribution in [2.45, 2.75) is 24.9 Å². The standard InChI is InChI=1S/C19H19NO6/c21-17-15(26-14-9-5-2-6-10-14)11-20(16(17)18(22)23)19(24)25-12-13-7-3-1-4-8-13/h1-10,15-17,21H,11-12H2,(H,22,23)/t15?,16-,17?/m0/s1. The van der Waals surface area contributed by atoms with Gasteiger partial charge in [-0.3, -0.25) is 4.90 Å². The summed E-state index contributed by atoms with van der Waals surface area (Å²) < 4.78 is 10.8. The molecular weight excluding hydrogens is 338 g/mol. The van der Waals surface area contributed by atoms with Crippen molar-refractivity contribution in [3.8, 4) is 5.75 Å². The summed E-state index contributed by atoms with van der Waals surface area (Å²) in [7, 11) is 0. The number of likely N-dealkylation sites (tertiary alicyclic amines) is 1. The van der Waals surface area contributed by atoms with Gasteiger partial charge in [-0.1, -0.05) is 48.5 Å². The van der Waals surface area contributed by atoms with Crippen LogP contribution in [0.1, 0.15) is 5.56 Å². The molecule has 3 atom stereocenters. The molecule has 3 rings (SSSR count). The largest absolute Gasteiger partial charge is 0.486 e. The predicted octanol–water partition coefficient (Wildman–Crippen LogP) is 1.90. The van der Waals surface area contributed by atoms with Gasteiger partial charge in [-0.25, -0.2) is 9.59 Å². The first-order chi connectivity index (χ1) is 12.6. The number of hydrogen-bond acceptors (Lipinski definition) is 5. The van der Waals surface area contributed by atoms with Crippen LogP contribution in [0.4, 0.5) is 4.79 Å². The van der Waals surface area contributed by atoms with Gasteiger partial charge < -0.3 is 19.7 Å². The summed E-state index contributed by atoms with van der Waals surface area (Å²) in [6.07, 6.45) is -3.03. The maximum atomic E-state index is 12.4. The maximum absolute atomic E-state index is 12.4. The number of aliphatic hydroxyl groups is 1. The third-order valence-electron chi connectivity index (χ3n) is 4.14. The smallest absolute Gasteiger partial charge is 0.411 e. The molecule has 26 heavy (non-hydrogen) atoms. The summed E-state index contributed by atoms with van der Waals surface area (Å²) >= 11 is 0. The van der Waals surface area contributed by atoms with Gasteiger partial charge in [-0.05, 0) is 17.7 Å². The zero-order chi connectivity index (χ0) is 18.5. The maximum Gasteiger partial charge on any atom is 0.411 e. The van der Waals surface area contributed by atoms with Gasteiger partial charge in [0.25, 0.3) is 0 Å². The molecule has 7 heteroatoms. The van der Waals surface area contributed by atoms with E-state index in [4.69, 9.17) is 9.47 Å². The van der Waals surface area contributed by atoms with Crippen LogP contribution in [0.15, 0.2) is 60.7 Å². The van der Waals surface area contributed by atoms with Crippen molar-refractivity contribution in [3.05, 3.63) is 66.2 Å². The molecule has 0 radical (unpaired) electrons. The third-order valence-corrected chi connectivity index (χ3v) is 4.14. The number of carboxylic acids is 1. The number of ether oxygens (including phenoxy) is 2. The molecule has 1 saturated heterocycles. The molecule has 0 aromatic heterocycles. The minimum atomic E-state index is -1.42. The molecular formula is C19H19NO6. The minimum Gasteiger partial charge on any atom is -0.486 e. The number of hydrogen-bond donors (Lipinski definition) is 2. The zero-order valence-corrected chi connectivity index (χ0v) is 13.9. The van der Waals surface area contributed by atoms with Crippen LogP contribution in [-0.2, 0) is 16.1 Å². The van der Waals surface area contributed by atoms with Crippen molar-refractivity contribution in [2.24, 2.45) is 0 Å². The van der Waals surface area contributed by atoms with E-state index in [1.165, 1.54) is 0 Å². The predicted molar refractivity (Wildman–Crippen MR) is 91.6 cm³/mol. The van der Waals surface area contributed by atoms with Crippen LogP contribution >= 0.6 is 0 Å². The molecule has 0 bridgehead atoms. The highest BCUT2D eigenvalue weighted by molar-refractivity contribution is 5.81. The highest BCUT2D eigenvalue weighted by Gasteiger charge is 2.49. The van der Waals surface area contributed by atoms with Crippen molar-refractivity contribution in [1.82, 2.24) is 4.90 Å². The Morgan fingerprint density at radius 3 is 2.27 bits per heavy atom. The van der Waals surface area contributed by atoms with E-state index in [1.54, 1.807) is 36.4 Å². The lowest BCUT2D eigenvalue weighted by Crippen LogP contribution is -2.45. The van der Waals surface area contributed by atoms with Crippen LogP contribution in [0.25, 0.3) is 0 Å². The molecule has 0 aliphatic carbocycles. The van der Waals surface area contributed by atoms with Crippen LogP contribution < -0.4 is 4.74 Å². The van der Waals surface area contributed by atoms with E-state index in [1.807, 2.05) is 24.3 Å². The second-order valence-corrected chi connectivity index (χ2v) is 5.94. The molecule has 1 aliphatic rings. The second-order valence-electron chi connectivity index (χ2n) is 5.94. The summed E-state index contributed by atoms with van der Waals surface area (Å²) in [5.41, 5.74) is 0.782. The lowest BCUT2D eigenvalue weighted by atomic mass is 10.1. The first kappa shape index (κ1) is 17.8. The van der Waals surface area contributed by atoms with Gasteiger partial charge in [0.15, 0.2) is 6.04 Å². The fourth-order valence-corrected chi connectivity index (χ4v) is 2.85. The number of carboxylic acid groups (broad SMARTS) is 1. The SMILES string of the molecule is O=C(O)[C@@H]1C(O)C(Oc2ccccc2)CN1C(=O)OCc1ccccc1. The highest BCUT2D eigenvalue weighted by Crippen LogP contribution is 2.25. The first-order valence-electron chi connectivity index (χ1n) is 8.16. The number of aliphatic carboxylic acids is 1. The number of benzene rings is 2. The van der Waals surface area contributed by atoms with Gasteiger partial charge in [0.05, 0.1) is 6.54 Å². The van der Waals surface area contributed by atoms with Crippen LogP contribution in [0.3, 0.4) is 0 Å². The lowest BCUT2D eigenvalue weighted by Gasteiger charge is -2.21. The Hall–Kier alpha value is -3.06. The molecule has 1 heterocycles. The molecule has 0 spiro atoms. The molecule has 1 fully saturated rings. The van der Waals surface area contributed by atoms with Crippen LogP contribution in [0.5, 0.6) is 5.75 Å². The monoisotopic (exact) mass is 357 g/mol.